The maximum absolute atomic E-state index is 5.34. The number of hydrogen-bond acceptors (Lipinski definition) is 4. The maximum atomic E-state index is 5.34. The van der Waals surface area contributed by atoms with Crippen LogP contribution in [0.4, 0.5) is 0 Å². The molecule has 5 heteroatoms. The molecule has 0 saturated heterocycles. The average Bonchev–Trinajstić information content (AvgIpc) is 2.72. The van der Waals surface area contributed by atoms with Crippen LogP contribution >= 0.6 is 0 Å². The highest BCUT2D eigenvalue weighted by Gasteiger charge is 2.05. The van der Waals surface area contributed by atoms with Gasteiger partial charge in [-0.2, -0.15) is 4.98 Å². The summed E-state index contributed by atoms with van der Waals surface area (Å²) < 4.78 is 10.3. The molecule has 0 aromatic carbocycles. The number of aromatic nitrogens is 3. The normalized spacial score (nSPS) is 10.9. The molecule has 0 amide bonds. The van der Waals surface area contributed by atoms with Crippen LogP contribution in [0, 0.1) is 0 Å². The molecular formula is C12H17N3O2. The number of nitrogens with one attached hydrogen (secondary N) is 1. The first-order valence-corrected chi connectivity index (χ1v) is 5.81. The number of methoxy groups -OCH3 is 1. The van der Waals surface area contributed by atoms with E-state index in [1.807, 2.05) is 19.1 Å². The summed E-state index contributed by atoms with van der Waals surface area (Å²) in [6, 6.07) is 3.79. The van der Waals surface area contributed by atoms with E-state index in [-0.39, 0.29) is 0 Å². The Kier molecular flexibility index (Phi) is 3.93. The second-order valence-electron chi connectivity index (χ2n) is 3.73. The molecule has 0 atom stereocenters. The van der Waals surface area contributed by atoms with E-state index in [1.165, 1.54) is 0 Å². The van der Waals surface area contributed by atoms with Gasteiger partial charge in [0.25, 0.3) is 0 Å². The Labute approximate surface area is 100 Å². The van der Waals surface area contributed by atoms with Crippen molar-refractivity contribution in [1.82, 2.24) is 15.0 Å². The SMILES string of the molecule is CCOc1ccc2[nH]c(CCCOC)nc2n1. The largest absolute Gasteiger partial charge is 0.478 e. The minimum absolute atomic E-state index is 0.615. The third-order valence-electron chi connectivity index (χ3n) is 2.42. The summed E-state index contributed by atoms with van der Waals surface area (Å²) in [6.07, 6.45) is 1.82. The van der Waals surface area contributed by atoms with Crippen molar-refractivity contribution < 1.29 is 9.47 Å². The van der Waals surface area contributed by atoms with Crippen LogP contribution in [0.3, 0.4) is 0 Å². The van der Waals surface area contributed by atoms with Crippen LogP contribution in [0.15, 0.2) is 12.1 Å². The number of fused-ring (bicyclic) bond motifs is 1. The van der Waals surface area contributed by atoms with Gasteiger partial charge in [-0.1, -0.05) is 0 Å². The number of ether oxygens (including phenoxy) is 2. The van der Waals surface area contributed by atoms with Gasteiger partial charge in [-0.25, -0.2) is 4.98 Å². The molecule has 2 heterocycles. The lowest BCUT2D eigenvalue weighted by Crippen LogP contribution is -1.94. The molecule has 0 unspecified atom stereocenters. The minimum atomic E-state index is 0.615. The number of nitrogens with zero attached hydrogens (tertiary/aromatic N) is 2. The van der Waals surface area contributed by atoms with Gasteiger partial charge in [0.1, 0.15) is 5.82 Å². The highest BCUT2D eigenvalue weighted by Crippen LogP contribution is 2.15. The van der Waals surface area contributed by atoms with Gasteiger partial charge in [0.05, 0.1) is 12.1 Å². The molecule has 0 saturated carbocycles. The standard InChI is InChI=1S/C12H17N3O2/c1-3-17-11-7-6-9-12(15-11)14-10(13-9)5-4-8-16-2/h6-7H,3-5,8H2,1-2H3,(H,13,14,15). The van der Waals surface area contributed by atoms with Crippen LogP contribution in [0.2, 0.25) is 0 Å². The Morgan fingerprint density at radius 1 is 1.29 bits per heavy atom. The predicted molar refractivity (Wildman–Crippen MR) is 65.3 cm³/mol. The summed E-state index contributed by atoms with van der Waals surface area (Å²) in [7, 11) is 1.70. The van der Waals surface area contributed by atoms with Crippen LogP contribution in [0.25, 0.3) is 11.2 Å². The molecule has 17 heavy (non-hydrogen) atoms. The number of imidazole rings is 1. The summed E-state index contributed by atoms with van der Waals surface area (Å²) in [4.78, 5) is 12.0. The molecule has 5 nitrogen and oxygen atoms in total. The fourth-order valence-corrected chi connectivity index (χ4v) is 1.66. The van der Waals surface area contributed by atoms with Gasteiger partial charge in [-0.3, -0.25) is 0 Å². The topological polar surface area (TPSA) is 60.0 Å². The molecule has 0 radical (unpaired) electrons. The van der Waals surface area contributed by atoms with Gasteiger partial charge in [0, 0.05) is 26.2 Å². The molecule has 2 rings (SSSR count). The Balaban J connectivity index is 2.12. The summed E-state index contributed by atoms with van der Waals surface area (Å²) in [5.41, 5.74) is 1.66. The summed E-state index contributed by atoms with van der Waals surface area (Å²) in [6.45, 7) is 3.30. The second kappa shape index (κ2) is 5.63. The Morgan fingerprint density at radius 3 is 2.94 bits per heavy atom. The monoisotopic (exact) mass is 235 g/mol. The first-order chi connectivity index (χ1) is 8.33. The second-order valence-corrected chi connectivity index (χ2v) is 3.73. The lowest BCUT2D eigenvalue weighted by atomic mass is 10.3. The minimum Gasteiger partial charge on any atom is -0.478 e. The van der Waals surface area contributed by atoms with Crippen LogP contribution < -0.4 is 4.74 Å². The number of aryl methyl sites for hydroxylation is 1. The van der Waals surface area contributed by atoms with Crippen molar-refractivity contribution >= 4 is 11.2 Å². The highest BCUT2D eigenvalue weighted by atomic mass is 16.5. The van der Waals surface area contributed by atoms with Crippen molar-refractivity contribution in [3.8, 4) is 5.88 Å². The molecular weight excluding hydrogens is 218 g/mol. The molecule has 1 N–H and O–H groups in total. The first kappa shape index (κ1) is 11.9. The zero-order chi connectivity index (χ0) is 12.1. The van der Waals surface area contributed by atoms with E-state index in [9.17, 15) is 0 Å². The quantitative estimate of drug-likeness (QED) is 0.777. The molecule has 0 aliphatic carbocycles. The molecule has 0 aliphatic heterocycles. The molecule has 0 spiro atoms. The van der Waals surface area contributed by atoms with Crippen LogP contribution in [0.5, 0.6) is 5.88 Å². The van der Waals surface area contributed by atoms with E-state index < -0.39 is 0 Å². The Morgan fingerprint density at radius 2 is 2.18 bits per heavy atom. The van der Waals surface area contributed by atoms with E-state index in [0.29, 0.717) is 18.1 Å². The predicted octanol–water partition coefficient (Wildman–Crippen LogP) is 1.94. The number of rotatable bonds is 6. The number of H-pyrrole nitrogens is 1. The zero-order valence-electron chi connectivity index (χ0n) is 10.2. The van der Waals surface area contributed by atoms with Gasteiger partial charge < -0.3 is 14.5 Å². The molecule has 0 aliphatic rings. The fraction of sp³-hybridized carbons (Fsp3) is 0.500. The number of pyridine rings is 1. The van der Waals surface area contributed by atoms with Crippen molar-refractivity contribution in [3.05, 3.63) is 18.0 Å². The van der Waals surface area contributed by atoms with Crippen LogP contribution in [-0.2, 0) is 11.2 Å². The average molecular weight is 235 g/mol. The van der Waals surface area contributed by atoms with Gasteiger partial charge >= 0.3 is 0 Å². The van der Waals surface area contributed by atoms with Gasteiger partial charge in [0.15, 0.2) is 5.65 Å². The van der Waals surface area contributed by atoms with E-state index in [2.05, 4.69) is 15.0 Å². The fourth-order valence-electron chi connectivity index (χ4n) is 1.66. The summed E-state index contributed by atoms with van der Waals surface area (Å²) in [5, 5.41) is 0. The van der Waals surface area contributed by atoms with Gasteiger partial charge in [-0.05, 0) is 19.4 Å². The zero-order valence-corrected chi connectivity index (χ0v) is 10.2. The molecule has 0 fully saturated rings. The molecule has 2 aromatic heterocycles. The van der Waals surface area contributed by atoms with Crippen molar-refractivity contribution in [3.63, 3.8) is 0 Å². The first-order valence-electron chi connectivity index (χ1n) is 5.81. The van der Waals surface area contributed by atoms with E-state index >= 15 is 0 Å². The summed E-state index contributed by atoms with van der Waals surface area (Å²) >= 11 is 0. The number of aromatic amines is 1. The highest BCUT2D eigenvalue weighted by molar-refractivity contribution is 5.71. The third kappa shape index (κ3) is 2.94. The third-order valence-corrected chi connectivity index (χ3v) is 2.42. The molecule has 2 aromatic rings. The Bertz CT molecular complexity index is 482. The Hall–Kier alpha value is -1.62. The van der Waals surface area contributed by atoms with E-state index in [4.69, 9.17) is 9.47 Å². The number of hydrogen-bond donors (Lipinski definition) is 1. The molecule has 0 bridgehead atoms. The maximum Gasteiger partial charge on any atom is 0.215 e. The van der Waals surface area contributed by atoms with Crippen LogP contribution in [0.1, 0.15) is 19.2 Å². The van der Waals surface area contributed by atoms with Crippen molar-refractivity contribution in [2.45, 2.75) is 19.8 Å². The van der Waals surface area contributed by atoms with Crippen molar-refractivity contribution in [1.29, 1.82) is 0 Å². The van der Waals surface area contributed by atoms with E-state index in [1.54, 1.807) is 7.11 Å². The van der Waals surface area contributed by atoms with Crippen molar-refractivity contribution in [2.75, 3.05) is 20.3 Å². The van der Waals surface area contributed by atoms with Crippen molar-refractivity contribution in [2.24, 2.45) is 0 Å². The van der Waals surface area contributed by atoms with Crippen LogP contribution in [-0.4, -0.2) is 35.3 Å². The lowest BCUT2D eigenvalue weighted by molar-refractivity contribution is 0.194. The van der Waals surface area contributed by atoms with Gasteiger partial charge in [-0.15, -0.1) is 0 Å². The lowest BCUT2D eigenvalue weighted by Gasteiger charge is -1.99. The van der Waals surface area contributed by atoms with E-state index in [0.717, 1.165) is 30.8 Å². The smallest absolute Gasteiger partial charge is 0.215 e. The molecule has 92 valence electrons. The summed E-state index contributed by atoms with van der Waals surface area (Å²) in [5.74, 6) is 1.56. The van der Waals surface area contributed by atoms with Gasteiger partial charge in [0.2, 0.25) is 5.88 Å².